The molecule has 21 heavy (non-hydrogen) atoms. The number of nitrogens with two attached hydrogens (primary N) is 1. The molecule has 1 heterocycles. The van der Waals surface area contributed by atoms with Gasteiger partial charge in [0.15, 0.2) is 0 Å². The van der Waals surface area contributed by atoms with Crippen molar-refractivity contribution in [2.45, 2.75) is 38.1 Å². The van der Waals surface area contributed by atoms with E-state index < -0.39 is 23.6 Å². The van der Waals surface area contributed by atoms with Gasteiger partial charge in [-0.2, -0.15) is 0 Å². The Balaban J connectivity index is 1.87. The molecule has 2 rings (SSSR count). The van der Waals surface area contributed by atoms with Gasteiger partial charge in [-0.3, -0.25) is 9.59 Å². The van der Waals surface area contributed by atoms with Crippen molar-refractivity contribution in [3.63, 3.8) is 0 Å². The number of primary amides is 1. The third-order valence-corrected chi connectivity index (χ3v) is 3.75. The second-order valence-corrected chi connectivity index (χ2v) is 5.24. The van der Waals surface area contributed by atoms with Gasteiger partial charge >= 0.3 is 0 Å². The number of aryl methyl sites for hydroxylation is 1. The third-order valence-electron chi connectivity index (χ3n) is 3.75. The number of carbonyl (C=O) groups is 2. The quantitative estimate of drug-likeness (QED) is 0.900. The first-order valence-electron chi connectivity index (χ1n) is 7.01. The molecule has 1 aromatic carbocycles. The summed E-state index contributed by atoms with van der Waals surface area (Å²) >= 11 is 0. The molecule has 2 amide bonds. The molecule has 4 nitrogen and oxygen atoms in total. The van der Waals surface area contributed by atoms with E-state index in [2.05, 4.69) is 0 Å². The van der Waals surface area contributed by atoms with Gasteiger partial charge < -0.3 is 10.6 Å². The Bertz CT molecular complexity index is 548. The number of nitrogens with zero attached hydrogens (tertiary/aromatic N) is 1. The van der Waals surface area contributed by atoms with Gasteiger partial charge in [0.1, 0.15) is 17.7 Å². The molecule has 0 bridgehead atoms. The fraction of sp³-hybridized carbons (Fsp3) is 0.467. The molecule has 0 aliphatic carbocycles. The normalized spacial score (nSPS) is 18.0. The van der Waals surface area contributed by atoms with Crippen LogP contribution in [0.5, 0.6) is 0 Å². The second-order valence-electron chi connectivity index (χ2n) is 5.24. The fourth-order valence-electron chi connectivity index (χ4n) is 2.67. The molecular formula is C15H18F2N2O2. The first kappa shape index (κ1) is 15.4. The van der Waals surface area contributed by atoms with Crippen LogP contribution in [0.25, 0.3) is 0 Å². The highest BCUT2D eigenvalue weighted by Crippen LogP contribution is 2.19. The van der Waals surface area contributed by atoms with Crippen LogP contribution in [0, 0.1) is 11.6 Å². The lowest BCUT2D eigenvalue weighted by atomic mass is 10.1. The Hall–Kier alpha value is -1.98. The average molecular weight is 296 g/mol. The summed E-state index contributed by atoms with van der Waals surface area (Å²) in [5.74, 6) is -1.61. The molecule has 0 saturated carbocycles. The summed E-state index contributed by atoms with van der Waals surface area (Å²) in [6, 6.07) is 2.76. The molecule has 1 aliphatic heterocycles. The summed E-state index contributed by atoms with van der Waals surface area (Å²) in [5, 5.41) is 0. The molecule has 2 N–H and O–H groups in total. The highest BCUT2D eigenvalue weighted by molar-refractivity contribution is 5.87. The van der Waals surface area contributed by atoms with Gasteiger partial charge in [-0.25, -0.2) is 8.78 Å². The molecule has 0 spiro atoms. The van der Waals surface area contributed by atoms with E-state index in [1.54, 1.807) is 0 Å². The highest BCUT2D eigenvalue weighted by Gasteiger charge is 2.31. The van der Waals surface area contributed by atoms with Gasteiger partial charge in [0.05, 0.1) is 0 Å². The van der Waals surface area contributed by atoms with E-state index in [-0.39, 0.29) is 24.3 Å². The van der Waals surface area contributed by atoms with Crippen LogP contribution in [0.4, 0.5) is 8.78 Å². The predicted molar refractivity (Wildman–Crippen MR) is 73.2 cm³/mol. The third kappa shape index (κ3) is 3.77. The van der Waals surface area contributed by atoms with Crippen LogP contribution in [0.1, 0.15) is 31.2 Å². The van der Waals surface area contributed by atoms with Crippen LogP contribution in [0.2, 0.25) is 0 Å². The number of hydrogen-bond donors (Lipinski definition) is 1. The molecule has 0 radical (unpaired) electrons. The molecule has 114 valence electrons. The van der Waals surface area contributed by atoms with Gasteiger partial charge in [0.2, 0.25) is 11.8 Å². The van der Waals surface area contributed by atoms with Gasteiger partial charge in [-0.15, -0.1) is 0 Å². The minimum atomic E-state index is -0.525. The van der Waals surface area contributed by atoms with Gasteiger partial charge in [-0.1, -0.05) is 0 Å². The predicted octanol–water partition coefficient (Wildman–Crippen LogP) is 1.76. The SMILES string of the molecule is NC(=O)[C@H]1CCCN1C(=O)CCCc1cc(F)ccc1F. The minimum absolute atomic E-state index is 0.159. The first-order chi connectivity index (χ1) is 9.99. The highest BCUT2D eigenvalue weighted by atomic mass is 19.1. The molecule has 1 aliphatic rings. The maximum atomic E-state index is 13.4. The molecule has 1 fully saturated rings. The topological polar surface area (TPSA) is 63.4 Å². The van der Waals surface area contributed by atoms with E-state index in [0.29, 0.717) is 19.4 Å². The van der Waals surface area contributed by atoms with Crippen LogP contribution in [-0.4, -0.2) is 29.3 Å². The molecular weight excluding hydrogens is 278 g/mol. The van der Waals surface area contributed by atoms with Crippen LogP contribution < -0.4 is 5.73 Å². The smallest absolute Gasteiger partial charge is 0.240 e. The summed E-state index contributed by atoms with van der Waals surface area (Å²) in [6.45, 7) is 0.529. The lowest BCUT2D eigenvalue weighted by Gasteiger charge is -2.22. The number of likely N-dealkylation sites (tertiary alicyclic amines) is 1. The molecule has 0 unspecified atom stereocenters. The number of amides is 2. The van der Waals surface area contributed by atoms with Gasteiger partial charge in [-0.05, 0) is 49.4 Å². The summed E-state index contributed by atoms with van der Waals surface area (Å²) in [6.07, 6.45) is 2.24. The number of carbonyl (C=O) groups excluding carboxylic acids is 2. The van der Waals surface area contributed by atoms with Crippen LogP contribution in [-0.2, 0) is 16.0 Å². The van der Waals surface area contributed by atoms with Gasteiger partial charge in [0.25, 0.3) is 0 Å². The molecule has 0 aromatic heterocycles. The zero-order valence-corrected chi connectivity index (χ0v) is 11.6. The number of halogens is 2. The van der Waals surface area contributed by atoms with Crippen molar-refractivity contribution < 1.29 is 18.4 Å². The lowest BCUT2D eigenvalue weighted by Crippen LogP contribution is -2.43. The molecule has 1 atom stereocenters. The molecule has 1 saturated heterocycles. The van der Waals surface area contributed by atoms with Crippen molar-refractivity contribution >= 4 is 11.8 Å². The minimum Gasteiger partial charge on any atom is -0.368 e. The van der Waals surface area contributed by atoms with E-state index in [0.717, 1.165) is 24.6 Å². The second kappa shape index (κ2) is 6.65. The Morgan fingerprint density at radius 3 is 2.81 bits per heavy atom. The summed E-state index contributed by atoms with van der Waals surface area (Å²) in [5.41, 5.74) is 5.52. The number of rotatable bonds is 5. The summed E-state index contributed by atoms with van der Waals surface area (Å²) in [4.78, 5) is 24.8. The van der Waals surface area contributed by atoms with Crippen molar-refractivity contribution in [3.05, 3.63) is 35.4 Å². The maximum Gasteiger partial charge on any atom is 0.240 e. The zero-order valence-electron chi connectivity index (χ0n) is 11.6. The first-order valence-corrected chi connectivity index (χ1v) is 7.01. The van der Waals surface area contributed by atoms with Crippen LogP contribution in [0.3, 0.4) is 0 Å². The summed E-state index contributed by atoms with van der Waals surface area (Å²) < 4.78 is 26.5. The van der Waals surface area contributed by atoms with E-state index in [1.807, 2.05) is 0 Å². The van der Waals surface area contributed by atoms with E-state index in [4.69, 9.17) is 5.73 Å². The van der Waals surface area contributed by atoms with Crippen LogP contribution in [0.15, 0.2) is 18.2 Å². The molecule has 6 heteroatoms. The lowest BCUT2D eigenvalue weighted by molar-refractivity contribution is -0.137. The Kier molecular flexibility index (Phi) is 4.88. The van der Waals surface area contributed by atoms with Crippen molar-refractivity contribution in [2.75, 3.05) is 6.54 Å². The number of benzene rings is 1. The van der Waals surface area contributed by atoms with Crippen molar-refractivity contribution in [2.24, 2.45) is 5.73 Å². The molecule has 1 aromatic rings. The Labute approximate surface area is 121 Å². The monoisotopic (exact) mass is 296 g/mol. The van der Waals surface area contributed by atoms with E-state index in [9.17, 15) is 18.4 Å². The van der Waals surface area contributed by atoms with Crippen LogP contribution >= 0.6 is 0 Å². The van der Waals surface area contributed by atoms with Gasteiger partial charge in [0, 0.05) is 13.0 Å². The standard InChI is InChI=1S/C15H18F2N2O2/c16-11-6-7-12(17)10(9-11)3-1-5-14(20)19-8-2-4-13(19)15(18)21/h6-7,9,13H,1-5,8H2,(H2,18,21)/t13-/m1/s1. The van der Waals surface area contributed by atoms with E-state index in [1.165, 1.54) is 4.90 Å². The van der Waals surface area contributed by atoms with Crippen molar-refractivity contribution in [1.82, 2.24) is 4.90 Å². The fourth-order valence-corrected chi connectivity index (χ4v) is 2.67. The van der Waals surface area contributed by atoms with E-state index >= 15 is 0 Å². The Morgan fingerprint density at radius 2 is 2.10 bits per heavy atom. The Morgan fingerprint density at radius 1 is 1.33 bits per heavy atom. The number of hydrogen-bond acceptors (Lipinski definition) is 2. The van der Waals surface area contributed by atoms with Crippen molar-refractivity contribution in [1.29, 1.82) is 0 Å². The largest absolute Gasteiger partial charge is 0.368 e. The summed E-state index contributed by atoms with van der Waals surface area (Å²) in [7, 11) is 0. The average Bonchev–Trinajstić information content (AvgIpc) is 2.92. The maximum absolute atomic E-state index is 13.4. The zero-order chi connectivity index (χ0) is 15.4. The van der Waals surface area contributed by atoms with Crippen molar-refractivity contribution in [3.8, 4) is 0 Å².